The predicted molar refractivity (Wildman–Crippen MR) is 125 cm³/mol. The third-order valence-corrected chi connectivity index (χ3v) is 6.21. The molecule has 0 radical (unpaired) electrons. The van der Waals surface area contributed by atoms with Crippen LogP contribution in [0.15, 0.2) is 61.4 Å². The number of aromatic nitrogens is 6. The lowest BCUT2D eigenvalue weighted by atomic mass is 9.93. The van der Waals surface area contributed by atoms with Gasteiger partial charge >= 0.3 is 0 Å². The number of rotatable bonds is 7. The van der Waals surface area contributed by atoms with Crippen molar-refractivity contribution in [3.63, 3.8) is 0 Å². The minimum Gasteiger partial charge on any atom is -0.394 e. The molecule has 0 aliphatic heterocycles. The first-order chi connectivity index (χ1) is 16.2. The summed E-state index contributed by atoms with van der Waals surface area (Å²) in [7, 11) is 1.91. The predicted octanol–water partition coefficient (Wildman–Crippen LogP) is 3.90. The monoisotopic (exact) mass is 444 g/mol. The van der Waals surface area contributed by atoms with E-state index in [1.807, 2.05) is 50.2 Å². The molecule has 1 N–H and O–H groups in total. The van der Waals surface area contributed by atoms with Crippen molar-refractivity contribution in [2.75, 3.05) is 13.2 Å². The Kier molecular flexibility index (Phi) is 6.28. The van der Waals surface area contributed by atoms with Gasteiger partial charge in [0, 0.05) is 54.1 Å². The Bertz CT molecular complexity index is 1190. The minimum absolute atomic E-state index is 0.0826. The van der Waals surface area contributed by atoms with Gasteiger partial charge in [0.05, 0.1) is 37.8 Å². The van der Waals surface area contributed by atoms with Crippen molar-refractivity contribution in [1.82, 2.24) is 29.5 Å². The van der Waals surface area contributed by atoms with E-state index in [1.54, 1.807) is 4.68 Å². The van der Waals surface area contributed by atoms with E-state index in [2.05, 4.69) is 43.2 Å². The maximum absolute atomic E-state index is 8.93. The molecule has 1 aromatic carbocycles. The van der Waals surface area contributed by atoms with E-state index in [9.17, 15) is 0 Å². The molecule has 1 aliphatic carbocycles. The summed E-state index contributed by atoms with van der Waals surface area (Å²) in [5, 5.41) is 17.8. The largest absolute Gasteiger partial charge is 0.394 e. The van der Waals surface area contributed by atoms with Crippen LogP contribution in [0.3, 0.4) is 0 Å². The van der Waals surface area contributed by atoms with Crippen molar-refractivity contribution >= 4 is 0 Å². The molecule has 0 unspecified atom stereocenters. The average Bonchev–Trinajstić information content (AvgIpc) is 3.53. The Labute approximate surface area is 192 Å². The maximum atomic E-state index is 8.93. The number of aryl methyl sites for hydroxylation is 1. The van der Waals surface area contributed by atoms with Crippen molar-refractivity contribution in [1.29, 1.82) is 0 Å². The molecule has 0 atom stereocenters. The SMILES string of the molecule is Cn1cc(-c2cccc(-c3ncc(-c4cnn(C5CCC(OCCO)CC5)c4)cn3)c2)cn1. The van der Waals surface area contributed by atoms with E-state index >= 15 is 0 Å². The summed E-state index contributed by atoms with van der Waals surface area (Å²) >= 11 is 0. The minimum atomic E-state index is 0.0826. The third kappa shape index (κ3) is 4.86. The molecule has 1 fully saturated rings. The lowest BCUT2D eigenvalue weighted by Crippen LogP contribution is -2.24. The lowest BCUT2D eigenvalue weighted by Gasteiger charge is -2.28. The Balaban J connectivity index is 1.27. The summed E-state index contributed by atoms with van der Waals surface area (Å²) in [6.45, 7) is 0.504. The molecular formula is C25H28N6O2. The first kappa shape index (κ1) is 21.5. The van der Waals surface area contributed by atoms with Crippen LogP contribution in [0.5, 0.6) is 0 Å². The molecular weight excluding hydrogens is 416 g/mol. The lowest BCUT2D eigenvalue weighted by molar-refractivity contribution is 0.000804. The van der Waals surface area contributed by atoms with Crippen LogP contribution in [0.1, 0.15) is 31.7 Å². The summed E-state index contributed by atoms with van der Waals surface area (Å²) in [5.74, 6) is 0.693. The van der Waals surface area contributed by atoms with E-state index in [0.29, 0.717) is 18.5 Å². The summed E-state index contributed by atoms with van der Waals surface area (Å²) in [6.07, 6.45) is 15.8. The number of hydrogen-bond acceptors (Lipinski definition) is 6. The number of ether oxygens (including phenoxy) is 1. The number of hydrogen-bond donors (Lipinski definition) is 1. The highest BCUT2D eigenvalue weighted by Crippen LogP contribution is 2.31. The van der Waals surface area contributed by atoms with Gasteiger partial charge in [0.15, 0.2) is 5.82 Å². The Hall–Kier alpha value is -3.36. The van der Waals surface area contributed by atoms with Gasteiger partial charge in [-0.25, -0.2) is 9.97 Å². The molecule has 5 rings (SSSR count). The zero-order valence-corrected chi connectivity index (χ0v) is 18.7. The summed E-state index contributed by atoms with van der Waals surface area (Å²) in [6, 6.07) is 8.57. The highest BCUT2D eigenvalue weighted by atomic mass is 16.5. The van der Waals surface area contributed by atoms with Crippen molar-refractivity contribution in [2.24, 2.45) is 7.05 Å². The second kappa shape index (κ2) is 9.64. The Morgan fingerprint density at radius 3 is 2.33 bits per heavy atom. The van der Waals surface area contributed by atoms with E-state index in [-0.39, 0.29) is 12.7 Å². The van der Waals surface area contributed by atoms with E-state index in [4.69, 9.17) is 9.84 Å². The van der Waals surface area contributed by atoms with Crippen LogP contribution in [0.25, 0.3) is 33.6 Å². The van der Waals surface area contributed by atoms with Gasteiger partial charge in [0.25, 0.3) is 0 Å². The normalized spacial score (nSPS) is 18.5. The van der Waals surface area contributed by atoms with E-state index in [0.717, 1.165) is 53.5 Å². The molecule has 3 heterocycles. The molecule has 8 heteroatoms. The molecule has 0 bridgehead atoms. The molecule has 33 heavy (non-hydrogen) atoms. The fraction of sp³-hybridized carbons (Fsp3) is 0.360. The highest BCUT2D eigenvalue weighted by molar-refractivity contribution is 5.70. The number of benzene rings is 1. The molecule has 170 valence electrons. The van der Waals surface area contributed by atoms with Crippen LogP contribution in [0, 0.1) is 0 Å². The molecule has 0 spiro atoms. The highest BCUT2D eigenvalue weighted by Gasteiger charge is 2.23. The fourth-order valence-electron chi connectivity index (χ4n) is 4.42. The van der Waals surface area contributed by atoms with Gasteiger partial charge in [-0.1, -0.05) is 18.2 Å². The van der Waals surface area contributed by atoms with Crippen molar-refractivity contribution in [3.8, 4) is 33.6 Å². The van der Waals surface area contributed by atoms with Gasteiger partial charge in [-0.2, -0.15) is 10.2 Å². The zero-order valence-electron chi connectivity index (χ0n) is 18.7. The van der Waals surface area contributed by atoms with Crippen LogP contribution in [-0.4, -0.2) is 54.0 Å². The van der Waals surface area contributed by atoms with E-state index < -0.39 is 0 Å². The molecule has 0 saturated heterocycles. The van der Waals surface area contributed by atoms with E-state index in [1.165, 1.54) is 0 Å². The molecule has 3 aromatic heterocycles. The molecule has 1 saturated carbocycles. The second-order valence-corrected chi connectivity index (χ2v) is 8.51. The topological polar surface area (TPSA) is 90.9 Å². The molecule has 1 aliphatic rings. The van der Waals surface area contributed by atoms with Crippen molar-refractivity contribution < 1.29 is 9.84 Å². The smallest absolute Gasteiger partial charge is 0.159 e. The number of nitrogens with zero attached hydrogens (tertiary/aromatic N) is 6. The maximum Gasteiger partial charge on any atom is 0.159 e. The first-order valence-electron chi connectivity index (χ1n) is 11.4. The number of aliphatic hydroxyl groups is 1. The molecule has 8 nitrogen and oxygen atoms in total. The van der Waals surface area contributed by atoms with Crippen LogP contribution < -0.4 is 0 Å². The fourth-order valence-corrected chi connectivity index (χ4v) is 4.42. The molecule has 4 aromatic rings. The summed E-state index contributed by atoms with van der Waals surface area (Å²) in [5.41, 5.74) is 5.10. The summed E-state index contributed by atoms with van der Waals surface area (Å²) < 4.78 is 9.53. The van der Waals surface area contributed by atoms with Crippen LogP contribution in [0.2, 0.25) is 0 Å². The van der Waals surface area contributed by atoms with Crippen LogP contribution >= 0.6 is 0 Å². The van der Waals surface area contributed by atoms with Gasteiger partial charge in [-0.05, 0) is 37.3 Å². The standard InChI is InChI=1S/C25H28N6O2/c1-30-16-21(14-28-30)18-3-2-4-19(11-18)25-26-12-20(13-27-25)22-15-29-31(17-22)23-5-7-24(8-6-23)33-10-9-32/h2-4,11-17,23-24,32H,5-10H2,1H3. The third-order valence-electron chi connectivity index (χ3n) is 6.21. The zero-order chi connectivity index (χ0) is 22.6. The molecule has 0 amide bonds. The van der Waals surface area contributed by atoms with Crippen molar-refractivity contribution in [2.45, 2.75) is 37.8 Å². The van der Waals surface area contributed by atoms with Crippen LogP contribution in [0.4, 0.5) is 0 Å². The van der Waals surface area contributed by atoms with Crippen molar-refractivity contribution in [3.05, 3.63) is 61.4 Å². The quantitative estimate of drug-likeness (QED) is 0.465. The second-order valence-electron chi connectivity index (χ2n) is 8.51. The van der Waals surface area contributed by atoms with Gasteiger partial charge in [-0.3, -0.25) is 9.36 Å². The summed E-state index contributed by atoms with van der Waals surface area (Å²) in [4.78, 5) is 9.24. The average molecular weight is 445 g/mol. The number of aliphatic hydroxyl groups excluding tert-OH is 1. The Morgan fingerprint density at radius 2 is 1.61 bits per heavy atom. The van der Waals surface area contributed by atoms with Gasteiger partial charge in [0.1, 0.15) is 0 Å². The van der Waals surface area contributed by atoms with Gasteiger partial charge < -0.3 is 9.84 Å². The Morgan fingerprint density at radius 1 is 0.879 bits per heavy atom. The van der Waals surface area contributed by atoms with Gasteiger partial charge in [0.2, 0.25) is 0 Å². The first-order valence-corrected chi connectivity index (χ1v) is 11.4. The van der Waals surface area contributed by atoms with Crippen LogP contribution in [-0.2, 0) is 11.8 Å². The van der Waals surface area contributed by atoms with Gasteiger partial charge in [-0.15, -0.1) is 0 Å².